The summed E-state index contributed by atoms with van der Waals surface area (Å²) in [5.41, 5.74) is 4.79. The zero-order valence-corrected chi connectivity index (χ0v) is 12.1. The molecule has 21 heavy (non-hydrogen) atoms. The molecule has 1 rings (SSSR count). The maximum absolute atomic E-state index is 13.8. The van der Waals surface area contributed by atoms with Crippen LogP contribution in [0.25, 0.3) is 0 Å². The average molecular weight is 328 g/mol. The minimum absolute atomic E-state index is 0.0266. The maximum atomic E-state index is 13.8. The molecule has 1 aromatic carbocycles. The van der Waals surface area contributed by atoms with Crippen LogP contribution < -0.4 is 19.9 Å². The number of methoxy groups -OCH3 is 2. The predicted octanol–water partition coefficient (Wildman–Crippen LogP) is 0.715. The first kappa shape index (κ1) is 17.5. The van der Waals surface area contributed by atoms with Gasteiger partial charge in [0.25, 0.3) is 5.92 Å². The van der Waals surface area contributed by atoms with Crippen molar-refractivity contribution in [2.75, 3.05) is 27.3 Å². The van der Waals surface area contributed by atoms with Crippen molar-refractivity contribution in [1.29, 1.82) is 0 Å². The minimum atomic E-state index is -4.49. The molecule has 0 radical (unpaired) electrons. The lowest BCUT2D eigenvalue weighted by atomic mass is 10.3. The zero-order valence-electron chi connectivity index (χ0n) is 11.3. The van der Waals surface area contributed by atoms with E-state index < -0.39 is 39.7 Å². The molecule has 3 N–H and O–H groups in total. The first-order valence-corrected chi connectivity index (χ1v) is 7.14. The molecule has 0 aromatic heterocycles. The summed E-state index contributed by atoms with van der Waals surface area (Å²) in [5.74, 6) is -4.66. The van der Waals surface area contributed by atoms with Crippen molar-refractivity contribution in [2.24, 2.45) is 5.73 Å². The topological polar surface area (TPSA) is 90.7 Å². The number of halogens is 3. The summed E-state index contributed by atoms with van der Waals surface area (Å²) in [6.07, 6.45) is 0. The second kappa shape index (κ2) is 6.50. The van der Waals surface area contributed by atoms with Crippen molar-refractivity contribution in [1.82, 2.24) is 4.72 Å². The molecule has 0 spiro atoms. The summed E-state index contributed by atoms with van der Waals surface area (Å²) in [7, 11) is -2.02. The quantitative estimate of drug-likeness (QED) is 0.769. The molecule has 0 aliphatic carbocycles. The number of rotatable bonds is 7. The number of nitrogens with two attached hydrogens (primary N) is 1. The fraction of sp³-hybridized carbons (Fsp3) is 0.455. The monoisotopic (exact) mass is 328 g/mol. The number of nitrogens with one attached hydrogen (secondary N) is 1. The van der Waals surface area contributed by atoms with Crippen molar-refractivity contribution < 1.29 is 31.1 Å². The fourth-order valence-corrected chi connectivity index (χ4v) is 2.53. The van der Waals surface area contributed by atoms with Crippen LogP contribution in [0.3, 0.4) is 0 Å². The lowest BCUT2D eigenvalue weighted by Gasteiger charge is -2.16. The van der Waals surface area contributed by atoms with Crippen LogP contribution in [-0.2, 0) is 10.0 Å². The molecule has 0 heterocycles. The third kappa shape index (κ3) is 4.22. The first-order valence-electron chi connectivity index (χ1n) is 5.66. The Morgan fingerprint density at radius 1 is 1.24 bits per heavy atom. The molecular formula is C11H15F3N2O4S. The van der Waals surface area contributed by atoms with E-state index in [1.807, 2.05) is 0 Å². The summed E-state index contributed by atoms with van der Waals surface area (Å²) in [6.45, 7) is -2.27. The Balaban J connectivity index is 3.14. The number of ether oxygens (including phenoxy) is 2. The summed E-state index contributed by atoms with van der Waals surface area (Å²) in [5, 5.41) is 0. The highest BCUT2D eigenvalue weighted by molar-refractivity contribution is 7.89. The summed E-state index contributed by atoms with van der Waals surface area (Å²) in [6, 6.07) is 1.63. The Labute approximate surface area is 120 Å². The molecule has 0 fully saturated rings. The normalized spacial score (nSPS) is 12.3. The minimum Gasteiger partial charge on any atom is -0.493 e. The van der Waals surface area contributed by atoms with Crippen LogP contribution in [0, 0.1) is 5.82 Å². The summed E-state index contributed by atoms with van der Waals surface area (Å²) >= 11 is 0. The van der Waals surface area contributed by atoms with E-state index in [1.54, 1.807) is 4.72 Å². The standard InChI is InChI=1S/C11H15F3N2O4S/c1-19-8-3-7(12)10(4-9(8)20-2)21(17,18)16-6-11(13,14)5-15/h3-4,16H,5-6,15H2,1-2H3. The molecule has 0 aliphatic rings. The number of hydrogen-bond acceptors (Lipinski definition) is 5. The predicted molar refractivity (Wildman–Crippen MR) is 68.7 cm³/mol. The molecule has 120 valence electrons. The van der Waals surface area contributed by atoms with E-state index in [2.05, 4.69) is 0 Å². The van der Waals surface area contributed by atoms with E-state index in [0.717, 1.165) is 12.1 Å². The van der Waals surface area contributed by atoms with Gasteiger partial charge in [0.15, 0.2) is 11.5 Å². The number of benzene rings is 1. The zero-order chi connectivity index (χ0) is 16.3. The highest BCUT2D eigenvalue weighted by atomic mass is 32.2. The molecule has 0 saturated carbocycles. The van der Waals surface area contributed by atoms with Gasteiger partial charge in [0.1, 0.15) is 10.7 Å². The van der Waals surface area contributed by atoms with Gasteiger partial charge < -0.3 is 15.2 Å². The van der Waals surface area contributed by atoms with Crippen LogP contribution in [-0.4, -0.2) is 41.6 Å². The van der Waals surface area contributed by atoms with Gasteiger partial charge in [-0.2, -0.15) is 0 Å². The molecule has 0 aliphatic heterocycles. The third-order valence-corrected chi connectivity index (χ3v) is 3.96. The van der Waals surface area contributed by atoms with Crippen LogP contribution in [0.1, 0.15) is 0 Å². The van der Waals surface area contributed by atoms with E-state index in [9.17, 15) is 21.6 Å². The van der Waals surface area contributed by atoms with Gasteiger partial charge in [-0.05, 0) is 0 Å². The van der Waals surface area contributed by atoms with Crippen molar-refractivity contribution in [3.8, 4) is 11.5 Å². The van der Waals surface area contributed by atoms with Gasteiger partial charge in [0, 0.05) is 12.1 Å². The molecule has 10 heteroatoms. The Kier molecular flexibility index (Phi) is 5.42. The molecule has 1 aromatic rings. The smallest absolute Gasteiger partial charge is 0.273 e. The van der Waals surface area contributed by atoms with Gasteiger partial charge in [0.05, 0.1) is 27.3 Å². The Morgan fingerprint density at radius 3 is 2.24 bits per heavy atom. The van der Waals surface area contributed by atoms with Crippen LogP contribution in [0.2, 0.25) is 0 Å². The molecule has 0 unspecified atom stereocenters. The largest absolute Gasteiger partial charge is 0.493 e. The van der Waals surface area contributed by atoms with Crippen molar-refractivity contribution in [3.05, 3.63) is 17.9 Å². The van der Waals surface area contributed by atoms with Gasteiger partial charge in [-0.25, -0.2) is 26.3 Å². The van der Waals surface area contributed by atoms with Gasteiger partial charge in [-0.3, -0.25) is 0 Å². The van der Waals surface area contributed by atoms with Crippen molar-refractivity contribution >= 4 is 10.0 Å². The van der Waals surface area contributed by atoms with Gasteiger partial charge in [-0.1, -0.05) is 0 Å². The van der Waals surface area contributed by atoms with Crippen LogP contribution in [0.15, 0.2) is 17.0 Å². The average Bonchev–Trinajstić information content (AvgIpc) is 2.44. The fourth-order valence-electron chi connectivity index (χ4n) is 1.39. The van der Waals surface area contributed by atoms with E-state index >= 15 is 0 Å². The number of sulfonamides is 1. The molecule has 6 nitrogen and oxygen atoms in total. The molecule has 0 amide bonds. The first-order chi connectivity index (χ1) is 9.66. The molecular weight excluding hydrogens is 313 g/mol. The number of hydrogen-bond donors (Lipinski definition) is 2. The molecule has 0 bridgehead atoms. The highest BCUT2D eigenvalue weighted by Gasteiger charge is 2.31. The second-order valence-corrected chi connectivity index (χ2v) is 5.76. The summed E-state index contributed by atoms with van der Waals surface area (Å²) < 4.78 is 74.7. The van der Waals surface area contributed by atoms with E-state index in [0.29, 0.717) is 0 Å². The Hall–Kier alpha value is -1.52. The molecule has 0 saturated heterocycles. The van der Waals surface area contributed by atoms with Gasteiger partial charge in [-0.15, -0.1) is 0 Å². The third-order valence-electron chi connectivity index (χ3n) is 2.55. The highest BCUT2D eigenvalue weighted by Crippen LogP contribution is 2.31. The Bertz CT molecular complexity index is 608. The van der Waals surface area contributed by atoms with E-state index in [1.165, 1.54) is 14.2 Å². The van der Waals surface area contributed by atoms with E-state index in [-0.39, 0.29) is 11.5 Å². The van der Waals surface area contributed by atoms with Crippen molar-refractivity contribution in [2.45, 2.75) is 10.8 Å². The van der Waals surface area contributed by atoms with Crippen LogP contribution in [0.5, 0.6) is 11.5 Å². The number of alkyl halides is 2. The van der Waals surface area contributed by atoms with E-state index in [4.69, 9.17) is 15.2 Å². The van der Waals surface area contributed by atoms with Gasteiger partial charge in [0.2, 0.25) is 10.0 Å². The maximum Gasteiger partial charge on any atom is 0.273 e. The van der Waals surface area contributed by atoms with Gasteiger partial charge >= 0.3 is 0 Å². The SMILES string of the molecule is COc1cc(F)c(S(=O)(=O)NCC(F)(F)CN)cc1OC. The van der Waals surface area contributed by atoms with Crippen LogP contribution in [0.4, 0.5) is 13.2 Å². The Morgan fingerprint density at radius 2 is 1.76 bits per heavy atom. The van der Waals surface area contributed by atoms with Crippen LogP contribution >= 0.6 is 0 Å². The second-order valence-electron chi connectivity index (χ2n) is 4.02. The lowest BCUT2D eigenvalue weighted by Crippen LogP contribution is -2.41. The summed E-state index contributed by atoms with van der Waals surface area (Å²) in [4.78, 5) is -0.826. The van der Waals surface area contributed by atoms with Crippen molar-refractivity contribution in [3.63, 3.8) is 0 Å². The lowest BCUT2D eigenvalue weighted by molar-refractivity contribution is 0.0170. The molecule has 0 atom stereocenters.